The summed E-state index contributed by atoms with van der Waals surface area (Å²) in [6.45, 7) is 4.27. The molecular formula is C26H27NO3. The Morgan fingerprint density at radius 3 is 2.20 bits per heavy atom. The number of rotatable bonds is 6. The summed E-state index contributed by atoms with van der Waals surface area (Å²) in [4.78, 5) is 13.2. The topological polar surface area (TPSA) is 58.6 Å². The fraction of sp³-hybridized carbons (Fsp3) is 0.269. The summed E-state index contributed by atoms with van der Waals surface area (Å²) >= 11 is 0. The zero-order chi connectivity index (χ0) is 21.1. The number of aliphatic hydroxyl groups excluding tert-OH is 1. The van der Waals surface area contributed by atoms with E-state index in [-0.39, 0.29) is 24.3 Å². The Morgan fingerprint density at radius 2 is 1.60 bits per heavy atom. The van der Waals surface area contributed by atoms with Gasteiger partial charge in [-0.2, -0.15) is 0 Å². The molecule has 154 valence electrons. The van der Waals surface area contributed by atoms with E-state index in [1.54, 1.807) is 0 Å². The molecule has 3 aromatic rings. The minimum Gasteiger partial charge on any atom is -0.457 e. The van der Waals surface area contributed by atoms with Crippen LogP contribution in [0.15, 0.2) is 66.7 Å². The standard InChI is InChI=1S/C26H27NO3/c1-17(2)19-11-7-8-18(14-15-28)26(19)27-25(29)16-22-20-9-3-5-12-23(20)30-24-13-6-4-10-21(22)24/h3-13,17,22,28H,14-16H2,1-2H3,(H,27,29). The Balaban J connectivity index is 1.65. The van der Waals surface area contributed by atoms with E-state index in [0.717, 1.165) is 39.4 Å². The molecule has 1 aliphatic heterocycles. The van der Waals surface area contributed by atoms with E-state index in [1.807, 2.05) is 66.7 Å². The molecule has 0 radical (unpaired) electrons. The fourth-order valence-corrected chi connectivity index (χ4v) is 4.19. The van der Waals surface area contributed by atoms with Gasteiger partial charge in [-0.1, -0.05) is 68.4 Å². The Labute approximate surface area is 177 Å². The average molecular weight is 402 g/mol. The number of benzene rings is 3. The van der Waals surface area contributed by atoms with E-state index in [0.29, 0.717) is 12.8 Å². The molecule has 0 aromatic heterocycles. The van der Waals surface area contributed by atoms with Gasteiger partial charge in [-0.15, -0.1) is 0 Å². The van der Waals surface area contributed by atoms with Crippen LogP contribution in [0.1, 0.15) is 54.4 Å². The van der Waals surface area contributed by atoms with Gasteiger partial charge in [0.1, 0.15) is 11.5 Å². The highest BCUT2D eigenvalue weighted by Crippen LogP contribution is 2.45. The molecule has 4 heteroatoms. The van der Waals surface area contributed by atoms with Crippen molar-refractivity contribution in [1.82, 2.24) is 0 Å². The van der Waals surface area contributed by atoms with Gasteiger partial charge in [-0.25, -0.2) is 0 Å². The quantitative estimate of drug-likeness (QED) is 0.564. The third kappa shape index (κ3) is 3.96. The molecule has 0 fully saturated rings. The minimum absolute atomic E-state index is 0.0428. The zero-order valence-corrected chi connectivity index (χ0v) is 17.4. The molecule has 0 aliphatic carbocycles. The molecule has 0 bridgehead atoms. The van der Waals surface area contributed by atoms with Gasteiger partial charge in [-0.05, 0) is 35.6 Å². The van der Waals surface area contributed by atoms with Gasteiger partial charge in [0.25, 0.3) is 0 Å². The van der Waals surface area contributed by atoms with Crippen molar-refractivity contribution in [2.75, 3.05) is 11.9 Å². The van der Waals surface area contributed by atoms with Crippen LogP contribution in [0.5, 0.6) is 11.5 Å². The third-order valence-electron chi connectivity index (χ3n) is 5.65. The molecule has 4 rings (SSSR count). The third-order valence-corrected chi connectivity index (χ3v) is 5.65. The molecule has 0 atom stereocenters. The van der Waals surface area contributed by atoms with Crippen LogP contribution in [-0.2, 0) is 11.2 Å². The highest BCUT2D eigenvalue weighted by atomic mass is 16.5. The number of amides is 1. The lowest BCUT2D eigenvalue weighted by Crippen LogP contribution is -2.20. The number of carbonyl (C=O) groups excluding carboxylic acids is 1. The Bertz CT molecular complexity index is 1010. The molecule has 0 saturated heterocycles. The number of hydrogen-bond acceptors (Lipinski definition) is 3. The van der Waals surface area contributed by atoms with E-state index in [2.05, 4.69) is 19.2 Å². The van der Waals surface area contributed by atoms with Crippen molar-refractivity contribution in [3.05, 3.63) is 89.0 Å². The molecule has 30 heavy (non-hydrogen) atoms. The summed E-state index contributed by atoms with van der Waals surface area (Å²) in [6, 6.07) is 21.8. The maximum atomic E-state index is 13.2. The van der Waals surface area contributed by atoms with Crippen molar-refractivity contribution < 1.29 is 14.6 Å². The molecule has 0 saturated carbocycles. The number of fused-ring (bicyclic) bond motifs is 2. The summed E-state index contributed by atoms with van der Waals surface area (Å²) in [5.74, 6) is 1.76. The van der Waals surface area contributed by atoms with Gasteiger partial charge < -0.3 is 15.2 Å². The number of anilines is 1. The van der Waals surface area contributed by atoms with Crippen molar-refractivity contribution >= 4 is 11.6 Å². The van der Waals surface area contributed by atoms with E-state index < -0.39 is 0 Å². The largest absolute Gasteiger partial charge is 0.457 e. The van der Waals surface area contributed by atoms with Crippen molar-refractivity contribution in [3.8, 4) is 11.5 Å². The molecule has 1 aliphatic rings. The number of ether oxygens (including phenoxy) is 1. The lowest BCUT2D eigenvalue weighted by atomic mass is 9.85. The van der Waals surface area contributed by atoms with Crippen LogP contribution in [0.2, 0.25) is 0 Å². The highest BCUT2D eigenvalue weighted by molar-refractivity contribution is 5.93. The van der Waals surface area contributed by atoms with E-state index in [4.69, 9.17) is 4.74 Å². The Kier molecular flexibility index (Phi) is 5.86. The summed E-state index contributed by atoms with van der Waals surface area (Å²) in [5, 5.41) is 12.6. The van der Waals surface area contributed by atoms with Crippen LogP contribution >= 0.6 is 0 Å². The SMILES string of the molecule is CC(C)c1cccc(CCO)c1NC(=O)CC1c2ccccc2Oc2ccccc21. The first-order valence-corrected chi connectivity index (χ1v) is 10.5. The van der Waals surface area contributed by atoms with Crippen LogP contribution < -0.4 is 10.1 Å². The highest BCUT2D eigenvalue weighted by Gasteiger charge is 2.29. The summed E-state index contributed by atoms with van der Waals surface area (Å²) in [5.41, 5.74) is 4.94. The minimum atomic E-state index is -0.0707. The zero-order valence-electron chi connectivity index (χ0n) is 17.4. The van der Waals surface area contributed by atoms with Gasteiger partial charge in [0.2, 0.25) is 5.91 Å². The van der Waals surface area contributed by atoms with Crippen LogP contribution in [-0.4, -0.2) is 17.6 Å². The predicted molar refractivity (Wildman–Crippen MR) is 119 cm³/mol. The summed E-state index contributed by atoms with van der Waals surface area (Å²) < 4.78 is 6.05. The summed E-state index contributed by atoms with van der Waals surface area (Å²) in [7, 11) is 0. The molecule has 2 N–H and O–H groups in total. The van der Waals surface area contributed by atoms with E-state index in [9.17, 15) is 9.90 Å². The van der Waals surface area contributed by atoms with Crippen molar-refractivity contribution in [2.24, 2.45) is 0 Å². The first kappa shape index (κ1) is 20.2. The van der Waals surface area contributed by atoms with Crippen LogP contribution in [0.3, 0.4) is 0 Å². The van der Waals surface area contributed by atoms with E-state index >= 15 is 0 Å². The van der Waals surface area contributed by atoms with Gasteiger partial charge in [-0.3, -0.25) is 4.79 Å². The van der Waals surface area contributed by atoms with Crippen LogP contribution in [0.25, 0.3) is 0 Å². The first-order chi connectivity index (χ1) is 14.6. The van der Waals surface area contributed by atoms with E-state index in [1.165, 1.54) is 0 Å². The lowest BCUT2D eigenvalue weighted by molar-refractivity contribution is -0.116. The second kappa shape index (κ2) is 8.72. The lowest BCUT2D eigenvalue weighted by Gasteiger charge is -2.28. The van der Waals surface area contributed by atoms with Crippen LogP contribution in [0, 0.1) is 0 Å². The maximum Gasteiger partial charge on any atom is 0.225 e. The Hall–Kier alpha value is -3.11. The predicted octanol–water partition coefficient (Wildman–Crippen LogP) is 5.61. The molecule has 0 unspecified atom stereocenters. The average Bonchev–Trinajstić information content (AvgIpc) is 2.74. The molecule has 1 heterocycles. The van der Waals surface area contributed by atoms with Crippen molar-refractivity contribution in [2.45, 2.75) is 38.5 Å². The second-order valence-corrected chi connectivity index (χ2v) is 7.99. The first-order valence-electron chi connectivity index (χ1n) is 10.5. The van der Waals surface area contributed by atoms with Crippen molar-refractivity contribution in [3.63, 3.8) is 0 Å². The molecular weight excluding hydrogens is 374 g/mol. The second-order valence-electron chi connectivity index (χ2n) is 7.99. The normalized spacial score (nSPS) is 12.8. The number of nitrogens with one attached hydrogen (secondary N) is 1. The molecule has 0 spiro atoms. The van der Waals surface area contributed by atoms with Gasteiger partial charge in [0.15, 0.2) is 0 Å². The monoisotopic (exact) mass is 401 g/mol. The van der Waals surface area contributed by atoms with Gasteiger partial charge in [0.05, 0.1) is 0 Å². The number of para-hydroxylation sites is 3. The number of aliphatic hydroxyl groups is 1. The van der Waals surface area contributed by atoms with Crippen molar-refractivity contribution in [1.29, 1.82) is 0 Å². The summed E-state index contributed by atoms with van der Waals surface area (Å²) in [6.07, 6.45) is 0.835. The fourth-order valence-electron chi connectivity index (χ4n) is 4.19. The molecule has 4 nitrogen and oxygen atoms in total. The maximum absolute atomic E-state index is 13.2. The molecule has 3 aromatic carbocycles. The van der Waals surface area contributed by atoms with Gasteiger partial charge >= 0.3 is 0 Å². The smallest absolute Gasteiger partial charge is 0.225 e. The van der Waals surface area contributed by atoms with Crippen LogP contribution in [0.4, 0.5) is 5.69 Å². The molecule has 1 amide bonds. The number of hydrogen-bond donors (Lipinski definition) is 2. The number of carbonyl (C=O) groups is 1. The van der Waals surface area contributed by atoms with Gasteiger partial charge in [0, 0.05) is 35.8 Å². The Morgan fingerprint density at radius 1 is 0.967 bits per heavy atom.